The normalized spacial score (nSPS) is 15.0. The van der Waals surface area contributed by atoms with Crippen LogP contribution in [-0.2, 0) is 24.1 Å². The standard InChI is InChI=1S/C19H21BrN2O2S/c1-12-13(14-6-19(2,3)7-18(14)25-12)4-5-22(11-24)17-9-21-8-16(20)15(17)10-23/h8-11H,4-7H2,1-3H3. The van der Waals surface area contributed by atoms with E-state index in [1.54, 1.807) is 17.3 Å². The molecule has 132 valence electrons. The maximum Gasteiger partial charge on any atom is 0.214 e. The van der Waals surface area contributed by atoms with Crippen LogP contribution in [0.4, 0.5) is 5.69 Å². The number of aldehydes is 1. The van der Waals surface area contributed by atoms with Crippen LogP contribution in [-0.4, -0.2) is 24.2 Å². The number of amides is 1. The molecule has 0 bridgehead atoms. The molecule has 0 saturated heterocycles. The average Bonchev–Trinajstić information content (AvgIpc) is 2.99. The van der Waals surface area contributed by atoms with Crippen molar-refractivity contribution < 1.29 is 9.59 Å². The molecule has 1 amide bonds. The molecule has 0 N–H and O–H groups in total. The minimum absolute atomic E-state index is 0.326. The third-order valence-electron chi connectivity index (χ3n) is 4.77. The molecule has 0 spiro atoms. The SMILES string of the molecule is Cc1sc2c(c1CCN(C=O)c1cncc(Br)c1C=O)CC(C)(C)C2. The van der Waals surface area contributed by atoms with Gasteiger partial charge in [0.25, 0.3) is 0 Å². The molecule has 1 aliphatic carbocycles. The Hall–Kier alpha value is -1.53. The molecule has 0 fully saturated rings. The fourth-order valence-corrected chi connectivity index (χ4v) is 5.50. The Morgan fingerprint density at radius 3 is 2.76 bits per heavy atom. The summed E-state index contributed by atoms with van der Waals surface area (Å²) in [5.41, 5.74) is 4.17. The van der Waals surface area contributed by atoms with Crippen molar-refractivity contribution in [1.82, 2.24) is 4.98 Å². The van der Waals surface area contributed by atoms with Crippen LogP contribution >= 0.6 is 27.3 Å². The van der Waals surface area contributed by atoms with E-state index in [0.717, 1.165) is 32.0 Å². The molecule has 2 aromatic heterocycles. The van der Waals surface area contributed by atoms with Crippen molar-refractivity contribution in [2.24, 2.45) is 5.41 Å². The number of fused-ring (bicyclic) bond motifs is 1. The highest BCUT2D eigenvalue weighted by Crippen LogP contribution is 2.43. The van der Waals surface area contributed by atoms with E-state index in [-0.39, 0.29) is 0 Å². The highest BCUT2D eigenvalue weighted by atomic mass is 79.9. The first-order chi connectivity index (χ1) is 11.9. The number of nitrogens with zero attached hydrogens (tertiary/aromatic N) is 2. The van der Waals surface area contributed by atoms with Crippen molar-refractivity contribution in [3.63, 3.8) is 0 Å². The lowest BCUT2D eigenvalue weighted by atomic mass is 9.89. The number of aromatic nitrogens is 1. The van der Waals surface area contributed by atoms with Crippen molar-refractivity contribution in [3.05, 3.63) is 43.3 Å². The van der Waals surface area contributed by atoms with E-state index in [4.69, 9.17) is 0 Å². The number of carbonyl (C=O) groups excluding carboxylic acids is 2. The van der Waals surface area contributed by atoms with E-state index in [2.05, 4.69) is 41.7 Å². The minimum atomic E-state index is 0.326. The number of pyridine rings is 1. The number of anilines is 1. The monoisotopic (exact) mass is 420 g/mol. The van der Waals surface area contributed by atoms with Crippen molar-refractivity contribution in [1.29, 1.82) is 0 Å². The van der Waals surface area contributed by atoms with Gasteiger partial charge in [-0.2, -0.15) is 0 Å². The first kappa shape index (κ1) is 18.3. The zero-order valence-corrected chi connectivity index (χ0v) is 17.0. The van der Waals surface area contributed by atoms with E-state index in [1.807, 2.05) is 11.3 Å². The predicted octanol–water partition coefficient (Wildman–Crippen LogP) is 4.36. The number of halogens is 1. The predicted molar refractivity (Wildman–Crippen MR) is 105 cm³/mol. The van der Waals surface area contributed by atoms with Gasteiger partial charge in [0.1, 0.15) is 0 Å². The third-order valence-corrected chi connectivity index (χ3v) is 6.59. The first-order valence-electron chi connectivity index (χ1n) is 8.27. The molecule has 0 radical (unpaired) electrons. The second kappa shape index (κ2) is 7.00. The van der Waals surface area contributed by atoms with E-state index in [9.17, 15) is 9.59 Å². The Morgan fingerprint density at radius 2 is 2.08 bits per heavy atom. The van der Waals surface area contributed by atoms with Crippen LogP contribution in [0.3, 0.4) is 0 Å². The molecule has 6 heteroatoms. The van der Waals surface area contributed by atoms with E-state index in [0.29, 0.717) is 27.7 Å². The maximum absolute atomic E-state index is 11.6. The summed E-state index contributed by atoms with van der Waals surface area (Å²) < 4.78 is 0.598. The summed E-state index contributed by atoms with van der Waals surface area (Å²) in [7, 11) is 0. The highest BCUT2D eigenvalue weighted by molar-refractivity contribution is 9.10. The fourth-order valence-electron chi connectivity index (χ4n) is 3.58. The van der Waals surface area contributed by atoms with Gasteiger partial charge in [-0.05, 0) is 58.7 Å². The molecule has 0 aliphatic heterocycles. The van der Waals surface area contributed by atoms with Crippen LogP contribution in [0.2, 0.25) is 0 Å². The molecular formula is C19H21BrN2O2S. The van der Waals surface area contributed by atoms with E-state index >= 15 is 0 Å². The minimum Gasteiger partial charge on any atom is -0.312 e. The molecule has 2 heterocycles. The van der Waals surface area contributed by atoms with Gasteiger partial charge in [0.15, 0.2) is 6.29 Å². The Labute approximate surface area is 160 Å². The summed E-state index contributed by atoms with van der Waals surface area (Å²) in [5, 5.41) is 0. The van der Waals surface area contributed by atoms with Gasteiger partial charge in [-0.3, -0.25) is 14.6 Å². The number of hydrogen-bond acceptors (Lipinski definition) is 4. The van der Waals surface area contributed by atoms with Crippen LogP contribution in [0.25, 0.3) is 0 Å². The first-order valence-corrected chi connectivity index (χ1v) is 9.88. The lowest BCUT2D eigenvalue weighted by Crippen LogP contribution is -2.25. The van der Waals surface area contributed by atoms with Crippen molar-refractivity contribution >= 4 is 45.7 Å². The highest BCUT2D eigenvalue weighted by Gasteiger charge is 2.32. The Kier molecular flexibility index (Phi) is 5.11. The largest absolute Gasteiger partial charge is 0.312 e. The summed E-state index contributed by atoms with van der Waals surface area (Å²) in [5.74, 6) is 0. The molecule has 0 atom stereocenters. The number of rotatable bonds is 6. The summed E-state index contributed by atoms with van der Waals surface area (Å²) in [4.78, 5) is 31.5. The van der Waals surface area contributed by atoms with Gasteiger partial charge in [0.2, 0.25) is 6.41 Å². The van der Waals surface area contributed by atoms with Gasteiger partial charge in [0.05, 0.1) is 17.4 Å². The number of hydrogen-bond donors (Lipinski definition) is 0. The van der Waals surface area contributed by atoms with Gasteiger partial charge < -0.3 is 4.90 Å². The molecule has 1 aliphatic rings. The summed E-state index contributed by atoms with van der Waals surface area (Å²) in [6.45, 7) is 7.31. The van der Waals surface area contributed by atoms with Gasteiger partial charge in [-0.15, -0.1) is 11.3 Å². The third kappa shape index (κ3) is 3.55. The van der Waals surface area contributed by atoms with E-state index < -0.39 is 0 Å². The summed E-state index contributed by atoms with van der Waals surface area (Å²) in [6.07, 6.45) is 7.69. The topological polar surface area (TPSA) is 50.3 Å². The second-order valence-corrected chi connectivity index (χ2v) is 9.44. The molecule has 25 heavy (non-hydrogen) atoms. The maximum atomic E-state index is 11.6. The van der Waals surface area contributed by atoms with E-state index in [1.165, 1.54) is 20.9 Å². The zero-order valence-electron chi connectivity index (χ0n) is 14.6. The van der Waals surface area contributed by atoms with Crippen LogP contribution in [0, 0.1) is 12.3 Å². The Bertz CT molecular complexity index is 829. The second-order valence-electron chi connectivity index (χ2n) is 7.28. The van der Waals surface area contributed by atoms with Crippen LogP contribution in [0.5, 0.6) is 0 Å². The quantitative estimate of drug-likeness (QED) is 0.652. The van der Waals surface area contributed by atoms with Crippen molar-refractivity contribution in [3.8, 4) is 0 Å². The summed E-state index contributed by atoms with van der Waals surface area (Å²) >= 11 is 5.21. The van der Waals surface area contributed by atoms with Crippen molar-refractivity contribution in [2.75, 3.05) is 11.4 Å². The van der Waals surface area contributed by atoms with Crippen molar-refractivity contribution in [2.45, 2.75) is 40.0 Å². The lowest BCUT2D eigenvalue weighted by Gasteiger charge is -2.20. The molecule has 2 aromatic rings. The molecule has 0 saturated carbocycles. The fraction of sp³-hybridized carbons (Fsp3) is 0.421. The van der Waals surface area contributed by atoms with Gasteiger partial charge in [-0.1, -0.05) is 13.8 Å². The smallest absolute Gasteiger partial charge is 0.214 e. The van der Waals surface area contributed by atoms with Gasteiger partial charge in [-0.25, -0.2) is 0 Å². The van der Waals surface area contributed by atoms with Crippen LogP contribution in [0.1, 0.15) is 45.1 Å². The Morgan fingerprint density at radius 1 is 1.32 bits per heavy atom. The molecular weight excluding hydrogens is 400 g/mol. The number of thiophene rings is 1. The number of aryl methyl sites for hydroxylation is 1. The molecule has 4 nitrogen and oxygen atoms in total. The van der Waals surface area contributed by atoms with Crippen LogP contribution < -0.4 is 4.90 Å². The lowest BCUT2D eigenvalue weighted by molar-refractivity contribution is -0.107. The molecule has 0 unspecified atom stereocenters. The average molecular weight is 421 g/mol. The summed E-state index contributed by atoms with van der Waals surface area (Å²) in [6, 6.07) is 0. The number of carbonyl (C=O) groups is 2. The van der Waals surface area contributed by atoms with Gasteiger partial charge >= 0.3 is 0 Å². The van der Waals surface area contributed by atoms with Gasteiger partial charge in [0, 0.05) is 27.0 Å². The molecule has 0 aromatic carbocycles. The van der Waals surface area contributed by atoms with Crippen LogP contribution in [0.15, 0.2) is 16.9 Å². The molecule has 3 rings (SSSR count). The Balaban J connectivity index is 1.83. The zero-order chi connectivity index (χ0) is 18.2.